The van der Waals surface area contributed by atoms with E-state index in [4.69, 9.17) is 0 Å². The summed E-state index contributed by atoms with van der Waals surface area (Å²) < 4.78 is 0. The Kier molecular flexibility index (Phi) is 7.81. The molecule has 0 bridgehead atoms. The highest BCUT2D eigenvalue weighted by Gasteiger charge is 2.17. The smallest absolute Gasteiger partial charge is 0.225 e. The van der Waals surface area contributed by atoms with Gasteiger partial charge in [-0.2, -0.15) is 0 Å². The van der Waals surface area contributed by atoms with E-state index in [1.54, 1.807) is 0 Å². The first kappa shape index (κ1) is 20.1. The Morgan fingerprint density at radius 2 is 1.85 bits per heavy atom. The van der Waals surface area contributed by atoms with Crippen molar-refractivity contribution < 1.29 is 9.59 Å². The molecule has 1 aliphatic rings. The van der Waals surface area contributed by atoms with Crippen LogP contribution in [0.5, 0.6) is 0 Å². The molecule has 1 saturated heterocycles. The normalized spacial score (nSPS) is 16.3. The summed E-state index contributed by atoms with van der Waals surface area (Å²) in [5.74, 6) is 0.561. The second kappa shape index (κ2) is 10.1. The molecule has 1 aliphatic heterocycles. The summed E-state index contributed by atoms with van der Waals surface area (Å²) in [5, 5.41) is 5.57. The van der Waals surface area contributed by atoms with Gasteiger partial charge in [-0.25, -0.2) is 9.97 Å². The van der Waals surface area contributed by atoms with Crippen molar-refractivity contribution in [3.63, 3.8) is 0 Å². The van der Waals surface area contributed by atoms with Crippen LogP contribution in [0.2, 0.25) is 0 Å². The van der Waals surface area contributed by atoms with Gasteiger partial charge < -0.3 is 15.5 Å². The molecule has 1 unspecified atom stereocenters. The molecule has 7 nitrogen and oxygen atoms in total. The number of carbonyl (C=O) groups excluding carboxylic acids is 2. The maximum Gasteiger partial charge on any atom is 0.225 e. The third-order valence-corrected chi connectivity index (χ3v) is 4.71. The molecule has 2 heterocycles. The number of hydrogen-bond donors (Lipinski definition) is 2. The average molecular weight is 361 g/mol. The van der Waals surface area contributed by atoms with Gasteiger partial charge in [-0.3, -0.25) is 9.59 Å². The molecule has 1 aromatic rings. The molecule has 0 radical (unpaired) electrons. The van der Waals surface area contributed by atoms with Crippen molar-refractivity contribution >= 4 is 17.8 Å². The minimum Gasteiger partial charge on any atom is -0.356 e. The molecule has 1 atom stereocenters. The largest absolute Gasteiger partial charge is 0.356 e. The van der Waals surface area contributed by atoms with Gasteiger partial charge in [0.15, 0.2) is 0 Å². The Hall–Kier alpha value is -2.18. The number of nitrogens with zero attached hydrogens (tertiary/aromatic N) is 3. The number of carbonyl (C=O) groups is 2. The van der Waals surface area contributed by atoms with Crippen molar-refractivity contribution in [1.29, 1.82) is 0 Å². The van der Waals surface area contributed by atoms with Gasteiger partial charge in [-0.15, -0.1) is 0 Å². The Bertz CT molecular complexity index is 612. The van der Waals surface area contributed by atoms with Crippen LogP contribution in [0, 0.1) is 6.92 Å². The minimum atomic E-state index is -0.166. The summed E-state index contributed by atoms with van der Waals surface area (Å²) in [6.07, 6.45) is 8.33. The number of amides is 2. The molecule has 2 N–H and O–H groups in total. The Balaban J connectivity index is 1.94. The van der Waals surface area contributed by atoms with E-state index >= 15 is 0 Å². The topological polar surface area (TPSA) is 87.2 Å². The maximum absolute atomic E-state index is 12.0. The van der Waals surface area contributed by atoms with Crippen LogP contribution in [0.4, 0.5) is 5.95 Å². The summed E-state index contributed by atoms with van der Waals surface area (Å²) >= 11 is 0. The molecule has 2 amide bonds. The summed E-state index contributed by atoms with van der Waals surface area (Å²) in [7, 11) is 0. The van der Waals surface area contributed by atoms with Crippen LogP contribution in [0.1, 0.15) is 69.7 Å². The third kappa shape index (κ3) is 6.28. The molecule has 0 aliphatic carbocycles. The molecular weight excluding hydrogens is 330 g/mol. The zero-order valence-corrected chi connectivity index (χ0v) is 16.2. The van der Waals surface area contributed by atoms with Gasteiger partial charge in [-0.05, 0) is 26.7 Å². The Morgan fingerprint density at radius 1 is 1.19 bits per heavy atom. The fourth-order valence-corrected chi connectivity index (χ4v) is 3.23. The van der Waals surface area contributed by atoms with E-state index in [0.717, 1.165) is 30.3 Å². The highest BCUT2D eigenvalue weighted by Crippen LogP contribution is 2.20. The molecule has 1 fully saturated rings. The number of nitrogens with one attached hydrogen (secondary N) is 2. The van der Waals surface area contributed by atoms with Gasteiger partial charge in [0.25, 0.3) is 0 Å². The van der Waals surface area contributed by atoms with Gasteiger partial charge in [0.05, 0.1) is 6.04 Å². The molecule has 1 aromatic heterocycles. The first-order valence-electron chi connectivity index (χ1n) is 9.59. The van der Waals surface area contributed by atoms with Gasteiger partial charge in [0.2, 0.25) is 17.8 Å². The highest BCUT2D eigenvalue weighted by atomic mass is 16.2. The number of aromatic nitrogens is 2. The van der Waals surface area contributed by atoms with Crippen LogP contribution >= 0.6 is 0 Å². The van der Waals surface area contributed by atoms with E-state index < -0.39 is 0 Å². The van der Waals surface area contributed by atoms with Crippen molar-refractivity contribution in [2.24, 2.45) is 0 Å². The fraction of sp³-hybridized carbons (Fsp3) is 0.684. The van der Waals surface area contributed by atoms with Crippen molar-refractivity contribution in [2.75, 3.05) is 24.5 Å². The monoisotopic (exact) mass is 361 g/mol. The lowest BCUT2D eigenvalue weighted by Crippen LogP contribution is -2.32. The van der Waals surface area contributed by atoms with Crippen molar-refractivity contribution in [2.45, 2.75) is 65.3 Å². The zero-order chi connectivity index (χ0) is 18.9. The number of rotatable bonds is 6. The molecule has 7 heteroatoms. The Labute approximate surface area is 156 Å². The van der Waals surface area contributed by atoms with Crippen LogP contribution in [0.3, 0.4) is 0 Å². The predicted octanol–water partition coefficient (Wildman–Crippen LogP) is 2.26. The van der Waals surface area contributed by atoms with Gasteiger partial charge >= 0.3 is 0 Å². The van der Waals surface area contributed by atoms with Crippen LogP contribution in [0.25, 0.3) is 0 Å². The number of anilines is 1. The third-order valence-electron chi connectivity index (χ3n) is 4.71. The molecule has 144 valence electrons. The lowest BCUT2D eigenvalue weighted by Gasteiger charge is -2.25. The maximum atomic E-state index is 12.0. The number of hydrogen-bond acceptors (Lipinski definition) is 5. The van der Waals surface area contributed by atoms with E-state index in [1.807, 2.05) is 20.0 Å². The van der Waals surface area contributed by atoms with Crippen molar-refractivity contribution in [3.05, 3.63) is 17.5 Å². The second-order valence-corrected chi connectivity index (χ2v) is 6.99. The van der Waals surface area contributed by atoms with E-state index in [2.05, 4.69) is 25.5 Å². The molecular formula is C19H31N5O2. The molecule has 0 saturated carbocycles. The Morgan fingerprint density at radius 3 is 2.46 bits per heavy atom. The van der Waals surface area contributed by atoms with E-state index in [0.29, 0.717) is 6.54 Å². The first-order valence-corrected chi connectivity index (χ1v) is 9.59. The molecule has 0 aromatic carbocycles. The minimum absolute atomic E-state index is 0.0986. The van der Waals surface area contributed by atoms with Crippen LogP contribution in [-0.2, 0) is 9.59 Å². The summed E-state index contributed by atoms with van der Waals surface area (Å²) in [5.41, 5.74) is 1.82. The van der Waals surface area contributed by atoms with E-state index in [-0.39, 0.29) is 24.3 Å². The standard InChI is InChI=1S/C19H31N5O2/c1-14(22-18(26)9-10-20-16(3)25)17-13-21-19(23-15(17)2)24-11-7-5-4-6-8-12-24/h13-14H,4-12H2,1-3H3,(H,20,25)(H,22,26). The SMILES string of the molecule is CC(=O)NCCC(=O)NC(C)c1cnc(N2CCCCCCC2)nc1C. The molecule has 2 rings (SSSR count). The van der Waals surface area contributed by atoms with Gasteiger partial charge in [-0.1, -0.05) is 19.3 Å². The summed E-state index contributed by atoms with van der Waals surface area (Å²) in [6, 6.07) is -0.166. The van der Waals surface area contributed by atoms with E-state index in [1.165, 1.54) is 39.0 Å². The van der Waals surface area contributed by atoms with E-state index in [9.17, 15) is 9.59 Å². The second-order valence-electron chi connectivity index (χ2n) is 6.99. The van der Waals surface area contributed by atoms with Gasteiger partial charge in [0, 0.05) is 50.4 Å². The summed E-state index contributed by atoms with van der Waals surface area (Å²) in [4.78, 5) is 34.4. The predicted molar refractivity (Wildman–Crippen MR) is 102 cm³/mol. The van der Waals surface area contributed by atoms with Crippen LogP contribution < -0.4 is 15.5 Å². The lowest BCUT2D eigenvalue weighted by atomic mass is 10.1. The molecule has 26 heavy (non-hydrogen) atoms. The van der Waals surface area contributed by atoms with Crippen molar-refractivity contribution in [3.8, 4) is 0 Å². The first-order chi connectivity index (χ1) is 12.5. The van der Waals surface area contributed by atoms with Crippen LogP contribution in [0.15, 0.2) is 6.20 Å². The van der Waals surface area contributed by atoms with Gasteiger partial charge in [0.1, 0.15) is 0 Å². The van der Waals surface area contributed by atoms with Crippen LogP contribution in [-0.4, -0.2) is 41.4 Å². The highest BCUT2D eigenvalue weighted by molar-refractivity contribution is 5.78. The summed E-state index contributed by atoms with van der Waals surface area (Å²) in [6.45, 7) is 7.69. The van der Waals surface area contributed by atoms with Crippen molar-refractivity contribution in [1.82, 2.24) is 20.6 Å². The quantitative estimate of drug-likeness (QED) is 0.811. The fourth-order valence-electron chi connectivity index (χ4n) is 3.23. The number of aryl methyl sites for hydroxylation is 1. The zero-order valence-electron chi connectivity index (χ0n) is 16.2. The average Bonchev–Trinajstić information content (AvgIpc) is 2.53. The lowest BCUT2D eigenvalue weighted by molar-refractivity contribution is -0.122. The molecule has 0 spiro atoms.